The van der Waals surface area contributed by atoms with E-state index in [1.54, 1.807) is 0 Å². The Morgan fingerprint density at radius 1 is 1.03 bits per heavy atom. The van der Waals surface area contributed by atoms with Gasteiger partial charge in [-0.15, -0.1) is 0 Å². The topological polar surface area (TPSA) is 226 Å². The molecular weight excluding hydrogens is 446 g/mol. The summed E-state index contributed by atoms with van der Waals surface area (Å²) < 4.78 is 0. The summed E-state index contributed by atoms with van der Waals surface area (Å²) in [4.78, 5) is 56.4. The van der Waals surface area contributed by atoms with Crippen molar-refractivity contribution in [2.45, 2.75) is 70.1 Å². The van der Waals surface area contributed by atoms with E-state index in [1.165, 1.54) is 12.5 Å². The molecule has 4 atom stereocenters. The van der Waals surface area contributed by atoms with Crippen molar-refractivity contribution in [3.05, 3.63) is 18.2 Å². The Bertz CT molecular complexity index is 787. The number of nitrogens with two attached hydrogens (primary N) is 2. The Labute approximate surface area is 198 Å². The minimum atomic E-state index is -1.24. The molecular formula is C21H37N7O6. The predicted molar refractivity (Wildman–Crippen MR) is 123 cm³/mol. The largest absolute Gasteiger partial charge is 0.480 e. The van der Waals surface area contributed by atoms with E-state index in [9.17, 15) is 24.3 Å². The average Bonchev–Trinajstić information content (AvgIpc) is 3.29. The molecule has 4 unspecified atom stereocenters. The molecule has 1 aromatic rings. The van der Waals surface area contributed by atoms with E-state index in [-0.39, 0.29) is 25.2 Å². The number of aliphatic hydroxyl groups excluding tert-OH is 1. The Balaban J connectivity index is 2.96. The summed E-state index contributed by atoms with van der Waals surface area (Å²) in [5.74, 6) is -3.19. The quantitative estimate of drug-likeness (QED) is 0.121. The highest BCUT2D eigenvalue weighted by Crippen LogP contribution is 2.09. The number of carboxylic acids is 1. The number of aromatic nitrogens is 2. The molecule has 0 bridgehead atoms. The lowest BCUT2D eigenvalue weighted by Crippen LogP contribution is -2.57. The third kappa shape index (κ3) is 10.3. The van der Waals surface area contributed by atoms with Gasteiger partial charge in [0.15, 0.2) is 0 Å². The van der Waals surface area contributed by atoms with Gasteiger partial charge >= 0.3 is 5.97 Å². The van der Waals surface area contributed by atoms with Crippen molar-refractivity contribution in [3.63, 3.8) is 0 Å². The molecule has 0 aliphatic carbocycles. The fourth-order valence-corrected chi connectivity index (χ4v) is 3.19. The molecule has 3 amide bonds. The van der Waals surface area contributed by atoms with Crippen LogP contribution in [-0.4, -0.2) is 81.2 Å². The molecule has 13 heteroatoms. The van der Waals surface area contributed by atoms with Crippen LogP contribution in [0.1, 0.15) is 45.2 Å². The number of H-pyrrole nitrogens is 1. The van der Waals surface area contributed by atoms with Gasteiger partial charge in [-0.1, -0.05) is 13.8 Å². The maximum absolute atomic E-state index is 13.0. The monoisotopic (exact) mass is 483 g/mol. The van der Waals surface area contributed by atoms with Crippen LogP contribution in [0.15, 0.2) is 12.5 Å². The minimum Gasteiger partial charge on any atom is -0.480 e. The van der Waals surface area contributed by atoms with Gasteiger partial charge in [0.2, 0.25) is 17.7 Å². The highest BCUT2D eigenvalue weighted by molar-refractivity contribution is 5.94. The van der Waals surface area contributed by atoms with E-state index in [2.05, 4.69) is 25.9 Å². The number of imidazole rings is 1. The molecule has 0 spiro atoms. The highest BCUT2D eigenvalue weighted by Gasteiger charge is 2.30. The van der Waals surface area contributed by atoms with Crippen LogP contribution < -0.4 is 27.4 Å². The normalized spacial score (nSPS) is 14.6. The second-order valence-corrected chi connectivity index (χ2v) is 8.51. The number of hydrogen-bond donors (Lipinski definition) is 8. The van der Waals surface area contributed by atoms with Crippen molar-refractivity contribution in [1.29, 1.82) is 0 Å². The number of aliphatic carboxylic acids is 1. The molecule has 13 nitrogen and oxygen atoms in total. The zero-order valence-electron chi connectivity index (χ0n) is 19.6. The summed E-state index contributed by atoms with van der Waals surface area (Å²) in [7, 11) is 0. The second kappa shape index (κ2) is 15.0. The third-order valence-electron chi connectivity index (χ3n) is 5.05. The fraction of sp³-hybridized carbons (Fsp3) is 0.667. The van der Waals surface area contributed by atoms with Crippen LogP contribution >= 0.6 is 0 Å². The number of amides is 3. The van der Waals surface area contributed by atoms with E-state index < -0.39 is 54.5 Å². The Morgan fingerprint density at radius 3 is 2.18 bits per heavy atom. The number of carbonyl (C=O) groups is 4. The molecule has 1 rings (SSSR count). The zero-order valence-corrected chi connectivity index (χ0v) is 19.6. The summed E-state index contributed by atoms with van der Waals surface area (Å²) in [5.41, 5.74) is 11.6. The smallest absolute Gasteiger partial charge is 0.326 e. The molecule has 1 aromatic heterocycles. The summed E-state index contributed by atoms with van der Waals surface area (Å²) in [5, 5.41) is 26.2. The summed E-state index contributed by atoms with van der Waals surface area (Å²) in [6.45, 7) is 3.53. The molecule has 0 fully saturated rings. The first-order chi connectivity index (χ1) is 16.1. The molecule has 1 heterocycles. The van der Waals surface area contributed by atoms with Crippen LogP contribution in [0.4, 0.5) is 0 Å². The summed E-state index contributed by atoms with van der Waals surface area (Å²) in [6.07, 6.45) is 4.46. The predicted octanol–water partition coefficient (Wildman–Crippen LogP) is -2.01. The van der Waals surface area contributed by atoms with Gasteiger partial charge in [0.25, 0.3) is 0 Å². The second-order valence-electron chi connectivity index (χ2n) is 8.51. The summed E-state index contributed by atoms with van der Waals surface area (Å²) in [6, 6.07) is -4.46. The van der Waals surface area contributed by atoms with Gasteiger partial charge in [-0.05, 0) is 38.1 Å². The van der Waals surface area contributed by atoms with E-state index in [0.717, 1.165) is 0 Å². The number of unbranched alkanes of at least 4 members (excludes halogenated alkanes) is 1. The van der Waals surface area contributed by atoms with Crippen LogP contribution in [0.5, 0.6) is 0 Å². The lowest BCUT2D eigenvalue weighted by molar-refractivity contribution is -0.142. The van der Waals surface area contributed by atoms with Crippen LogP contribution in [0.3, 0.4) is 0 Å². The molecule has 192 valence electrons. The van der Waals surface area contributed by atoms with E-state index in [0.29, 0.717) is 25.1 Å². The maximum Gasteiger partial charge on any atom is 0.326 e. The van der Waals surface area contributed by atoms with Crippen LogP contribution in [0, 0.1) is 5.92 Å². The zero-order chi connectivity index (χ0) is 25.7. The number of nitrogens with one attached hydrogen (secondary N) is 4. The van der Waals surface area contributed by atoms with Crippen LogP contribution in [-0.2, 0) is 25.6 Å². The van der Waals surface area contributed by atoms with Crippen LogP contribution in [0.2, 0.25) is 0 Å². The SMILES string of the molecule is CC(C)CC(NC(=O)C(N)CO)C(=O)NC(CCCCN)C(=O)NC(Cc1cnc[nH]1)C(=O)O. The first-order valence-electron chi connectivity index (χ1n) is 11.3. The Hall–Kier alpha value is -3.03. The standard InChI is InChI=1S/C21H37N7O6/c1-12(2)7-16(27-18(30)14(23)10-29)20(32)26-15(5-3-4-6-22)19(31)28-17(21(33)34)8-13-9-24-11-25-13/h9,11-12,14-17,29H,3-8,10,22-23H2,1-2H3,(H,24,25)(H,26,32)(H,27,30)(H,28,31)(H,33,34). The first kappa shape index (κ1) is 29.0. The molecule has 10 N–H and O–H groups in total. The van der Waals surface area contributed by atoms with Gasteiger partial charge in [-0.25, -0.2) is 9.78 Å². The Kier molecular flexibility index (Phi) is 12.8. The van der Waals surface area contributed by atoms with Crippen molar-refractivity contribution in [3.8, 4) is 0 Å². The first-order valence-corrected chi connectivity index (χ1v) is 11.3. The van der Waals surface area contributed by atoms with Crippen molar-refractivity contribution in [1.82, 2.24) is 25.9 Å². The van der Waals surface area contributed by atoms with E-state index in [1.807, 2.05) is 13.8 Å². The number of nitrogens with zero attached hydrogens (tertiary/aromatic N) is 1. The highest BCUT2D eigenvalue weighted by atomic mass is 16.4. The molecule has 34 heavy (non-hydrogen) atoms. The molecule has 0 saturated heterocycles. The molecule has 0 aliphatic heterocycles. The van der Waals surface area contributed by atoms with Crippen molar-refractivity contribution in [2.24, 2.45) is 17.4 Å². The minimum absolute atomic E-state index is 0.0182. The maximum atomic E-state index is 13.0. The van der Waals surface area contributed by atoms with Gasteiger partial charge in [0.1, 0.15) is 24.2 Å². The lowest BCUT2D eigenvalue weighted by Gasteiger charge is -2.26. The van der Waals surface area contributed by atoms with Gasteiger partial charge < -0.3 is 42.6 Å². The average molecular weight is 484 g/mol. The number of hydrogen-bond acceptors (Lipinski definition) is 8. The third-order valence-corrected chi connectivity index (χ3v) is 5.05. The molecule has 0 aliphatic rings. The molecule has 0 aromatic carbocycles. The van der Waals surface area contributed by atoms with Crippen molar-refractivity contribution in [2.75, 3.05) is 13.2 Å². The van der Waals surface area contributed by atoms with E-state index >= 15 is 0 Å². The van der Waals surface area contributed by atoms with Gasteiger partial charge in [-0.3, -0.25) is 14.4 Å². The van der Waals surface area contributed by atoms with Gasteiger partial charge in [-0.2, -0.15) is 0 Å². The van der Waals surface area contributed by atoms with Crippen LogP contribution in [0.25, 0.3) is 0 Å². The summed E-state index contributed by atoms with van der Waals surface area (Å²) >= 11 is 0. The van der Waals surface area contributed by atoms with Crippen molar-refractivity contribution < 1.29 is 29.4 Å². The lowest BCUT2D eigenvalue weighted by atomic mass is 10.0. The Morgan fingerprint density at radius 2 is 1.65 bits per heavy atom. The number of rotatable bonds is 16. The number of carbonyl (C=O) groups excluding carboxylic acids is 3. The van der Waals surface area contributed by atoms with E-state index in [4.69, 9.17) is 16.6 Å². The van der Waals surface area contributed by atoms with Gasteiger partial charge in [0, 0.05) is 18.3 Å². The fourth-order valence-electron chi connectivity index (χ4n) is 3.19. The van der Waals surface area contributed by atoms with Crippen molar-refractivity contribution >= 4 is 23.7 Å². The molecule has 0 radical (unpaired) electrons. The number of carboxylic acid groups (broad SMARTS) is 1. The number of aliphatic hydroxyl groups is 1. The van der Waals surface area contributed by atoms with Gasteiger partial charge in [0.05, 0.1) is 12.9 Å². The number of aromatic amines is 1. The molecule has 0 saturated carbocycles.